The van der Waals surface area contributed by atoms with Crippen molar-refractivity contribution in [2.24, 2.45) is 16.7 Å². The first-order valence-electron chi connectivity index (χ1n) is 7.68. The molecular formula is C16H34N2. The van der Waals surface area contributed by atoms with E-state index < -0.39 is 0 Å². The SMILES string of the molecule is CCCC(C)(CNC)CN1CCC(C(C)(C)C)C1. The minimum atomic E-state index is 0.441. The highest BCUT2D eigenvalue weighted by atomic mass is 15.2. The molecule has 1 rings (SSSR count). The van der Waals surface area contributed by atoms with Gasteiger partial charge in [-0.25, -0.2) is 0 Å². The van der Waals surface area contributed by atoms with Crippen LogP contribution in [0.1, 0.15) is 53.9 Å². The van der Waals surface area contributed by atoms with Crippen LogP contribution in [-0.2, 0) is 0 Å². The highest BCUT2D eigenvalue weighted by molar-refractivity contribution is 4.88. The molecule has 2 heteroatoms. The number of hydrogen-bond acceptors (Lipinski definition) is 2. The Kier molecular flexibility index (Phi) is 5.67. The second-order valence-electron chi connectivity index (χ2n) is 7.68. The lowest BCUT2D eigenvalue weighted by Gasteiger charge is -2.34. The van der Waals surface area contributed by atoms with E-state index in [4.69, 9.17) is 0 Å². The van der Waals surface area contributed by atoms with Crippen molar-refractivity contribution < 1.29 is 0 Å². The minimum absolute atomic E-state index is 0.441. The molecule has 0 radical (unpaired) electrons. The molecule has 0 aliphatic carbocycles. The predicted molar refractivity (Wildman–Crippen MR) is 80.9 cm³/mol. The van der Waals surface area contributed by atoms with Crippen LogP contribution in [0.5, 0.6) is 0 Å². The summed E-state index contributed by atoms with van der Waals surface area (Å²) in [5.41, 5.74) is 0.912. The van der Waals surface area contributed by atoms with Crippen molar-refractivity contribution in [1.29, 1.82) is 0 Å². The van der Waals surface area contributed by atoms with Gasteiger partial charge in [0.1, 0.15) is 0 Å². The Morgan fingerprint density at radius 2 is 1.89 bits per heavy atom. The van der Waals surface area contributed by atoms with Crippen LogP contribution in [0.25, 0.3) is 0 Å². The first-order chi connectivity index (χ1) is 8.30. The van der Waals surface area contributed by atoms with Crippen LogP contribution in [-0.4, -0.2) is 38.1 Å². The second kappa shape index (κ2) is 6.38. The third-order valence-electron chi connectivity index (χ3n) is 4.56. The molecule has 0 aromatic heterocycles. The molecule has 0 aromatic rings. The van der Waals surface area contributed by atoms with E-state index in [-0.39, 0.29) is 0 Å². The van der Waals surface area contributed by atoms with Gasteiger partial charge < -0.3 is 10.2 Å². The van der Waals surface area contributed by atoms with Gasteiger partial charge in [-0.3, -0.25) is 0 Å². The first kappa shape index (κ1) is 16.0. The van der Waals surface area contributed by atoms with E-state index in [1.165, 1.54) is 38.9 Å². The number of nitrogens with zero attached hydrogens (tertiary/aromatic N) is 1. The maximum atomic E-state index is 3.38. The molecule has 1 saturated heterocycles. The van der Waals surface area contributed by atoms with E-state index in [0.29, 0.717) is 10.8 Å². The topological polar surface area (TPSA) is 15.3 Å². The average Bonchev–Trinajstić information content (AvgIpc) is 2.65. The third-order valence-corrected chi connectivity index (χ3v) is 4.56. The van der Waals surface area contributed by atoms with Gasteiger partial charge in [-0.2, -0.15) is 0 Å². The fourth-order valence-corrected chi connectivity index (χ4v) is 3.48. The molecule has 1 heterocycles. The average molecular weight is 254 g/mol. The zero-order chi connectivity index (χ0) is 13.8. The van der Waals surface area contributed by atoms with Crippen LogP contribution in [0.15, 0.2) is 0 Å². The van der Waals surface area contributed by atoms with E-state index in [9.17, 15) is 0 Å². The molecule has 0 aromatic carbocycles. The van der Waals surface area contributed by atoms with Crippen molar-refractivity contribution >= 4 is 0 Å². The minimum Gasteiger partial charge on any atom is -0.319 e. The third kappa shape index (κ3) is 4.55. The molecule has 18 heavy (non-hydrogen) atoms. The summed E-state index contributed by atoms with van der Waals surface area (Å²) in [5.74, 6) is 0.873. The lowest BCUT2D eigenvalue weighted by Crippen LogP contribution is -2.41. The van der Waals surface area contributed by atoms with Crippen LogP contribution >= 0.6 is 0 Å². The van der Waals surface area contributed by atoms with Gasteiger partial charge in [0.2, 0.25) is 0 Å². The van der Waals surface area contributed by atoms with Crippen LogP contribution in [0.4, 0.5) is 0 Å². The quantitative estimate of drug-likeness (QED) is 0.782. The Hall–Kier alpha value is -0.0800. The normalized spacial score (nSPS) is 25.3. The van der Waals surface area contributed by atoms with Gasteiger partial charge in [-0.1, -0.05) is 41.0 Å². The summed E-state index contributed by atoms with van der Waals surface area (Å²) in [6.07, 6.45) is 3.99. The highest BCUT2D eigenvalue weighted by Crippen LogP contribution is 2.35. The maximum Gasteiger partial charge on any atom is 0.00476 e. The fraction of sp³-hybridized carbons (Fsp3) is 1.00. The molecule has 0 amide bonds. The Morgan fingerprint density at radius 3 is 2.33 bits per heavy atom. The first-order valence-corrected chi connectivity index (χ1v) is 7.68. The van der Waals surface area contributed by atoms with E-state index >= 15 is 0 Å². The zero-order valence-electron chi connectivity index (χ0n) is 13.5. The lowest BCUT2D eigenvalue weighted by atomic mass is 9.80. The van der Waals surface area contributed by atoms with Crippen LogP contribution in [0, 0.1) is 16.7 Å². The van der Waals surface area contributed by atoms with Crippen molar-refractivity contribution in [3.05, 3.63) is 0 Å². The van der Waals surface area contributed by atoms with Gasteiger partial charge in [0.25, 0.3) is 0 Å². The van der Waals surface area contributed by atoms with Crippen molar-refractivity contribution in [2.75, 3.05) is 33.2 Å². The largest absolute Gasteiger partial charge is 0.319 e. The molecule has 0 saturated carbocycles. The molecular weight excluding hydrogens is 220 g/mol. The van der Waals surface area contributed by atoms with Crippen molar-refractivity contribution in [3.8, 4) is 0 Å². The van der Waals surface area contributed by atoms with Gasteiger partial charge in [0.15, 0.2) is 0 Å². The number of rotatable bonds is 6. The zero-order valence-corrected chi connectivity index (χ0v) is 13.5. The van der Waals surface area contributed by atoms with E-state index in [1.807, 2.05) is 0 Å². The molecule has 1 aliphatic rings. The Bertz CT molecular complexity index is 236. The van der Waals surface area contributed by atoms with Gasteiger partial charge >= 0.3 is 0 Å². The van der Waals surface area contributed by atoms with Gasteiger partial charge in [0, 0.05) is 19.6 Å². The molecule has 1 aliphatic heterocycles. The molecule has 2 nitrogen and oxygen atoms in total. The van der Waals surface area contributed by atoms with Crippen molar-refractivity contribution in [2.45, 2.75) is 53.9 Å². The number of nitrogens with one attached hydrogen (secondary N) is 1. The predicted octanol–water partition coefficient (Wildman–Crippen LogP) is 3.38. The lowest BCUT2D eigenvalue weighted by molar-refractivity contribution is 0.157. The van der Waals surface area contributed by atoms with Crippen LogP contribution in [0.2, 0.25) is 0 Å². The summed E-state index contributed by atoms with van der Waals surface area (Å²) in [6, 6.07) is 0. The second-order valence-corrected chi connectivity index (χ2v) is 7.68. The van der Waals surface area contributed by atoms with Gasteiger partial charge in [-0.05, 0) is 43.2 Å². The highest BCUT2D eigenvalue weighted by Gasteiger charge is 2.34. The Morgan fingerprint density at radius 1 is 1.22 bits per heavy atom. The fourth-order valence-electron chi connectivity index (χ4n) is 3.48. The standard InChI is InChI=1S/C16H34N2/c1-7-9-16(5,12-17-6)13-18-10-8-14(11-18)15(2,3)4/h14,17H,7-13H2,1-6H3. The van der Waals surface area contributed by atoms with E-state index in [0.717, 1.165) is 12.5 Å². The van der Waals surface area contributed by atoms with Crippen molar-refractivity contribution in [3.63, 3.8) is 0 Å². The molecule has 0 bridgehead atoms. The van der Waals surface area contributed by atoms with E-state index in [2.05, 4.69) is 51.9 Å². The Labute approximate surface area is 115 Å². The molecule has 1 N–H and O–H groups in total. The van der Waals surface area contributed by atoms with Crippen LogP contribution in [0.3, 0.4) is 0 Å². The molecule has 108 valence electrons. The number of likely N-dealkylation sites (tertiary alicyclic amines) is 1. The summed E-state index contributed by atoms with van der Waals surface area (Å²) in [4.78, 5) is 2.70. The molecule has 0 spiro atoms. The maximum absolute atomic E-state index is 3.38. The summed E-state index contributed by atoms with van der Waals surface area (Å²) >= 11 is 0. The van der Waals surface area contributed by atoms with Crippen LogP contribution < -0.4 is 5.32 Å². The molecule has 2 unspecified atom stereocenters. The summed E-state index contributed by atoms with van der Waals surface area (Å²) < 4.78 is 0. The van der Waals surface area contributed by atoms with E-state index in [1.54, 1.807) is 0 Å². The monoisotopic (exact) mass is 254 g/mol. The van der Waals surface area contributed by atoms with Crippen molar-refractivity contribution in [1.82, 2.24) is 10.2 Å². The molecule has 1 fully saturated rings. The number of hydrogen-bond donors (Lipinski definition) is 1. The van der Waals surface area contributed by atoms with Gasteiger partial charge in [-0.15, -0.1) is 0 Å². The molecule has 2 atom stereocenters. The summed E-state index contributed by atoms with van der Waals surface area (Å²) in [5, 5.41) is 3.38. The van der Waals surface area contributed by atoms with Gasteiger partial charge in [0.05, 0.1) is 0 Å². The summed E-state index contributed by atoms with van der Waals surface area (Å²) in [6.45, 7) is 16.9. The Balaban J connectivity index is 2.52. The summed E-state index contributed by atoms with van der Waals surface area (Å²) in [7, 11) is 2.08. The smallest absolute Gasteiger partial charge is 0.00476 e.